The van der Waals surface area contributed by atoms with Gasteiger partial charge in [0, 0.05) is 6.61 Å². The van der Waals surface area contributed by atoms with Gasteiger partial charge in [0.15, 0.2) is 0 Å². The van der Waals surface area contributed by atoms with Gasteiger partial charge in [-0.25, -0.2) is 0 Å². The van der Waals surface area contributed by atoms with Crippen LogP contribution in [0.2, 0.25) is 0 Å². The summed E-state index contributed by atoms with van der Waals surface area (Å²) < 4.78 is 0. The Morgan fingerprint density at radius 1 is 1.20 bits per heavy atom. The number of aliphatic hydroxyl groups is 2. The summed E-state index contributed by atoms with van der Waals surface area (Å²) in [5.41, 5.74) is 0. The Balaban J connectivity index is 2.25. The zero-order chi connectivity index (χ0) is 7.40. The van der Waals surface area contributed by atoms with Crippen molar-refractivity contribution in [2.75, 3.05) is 6.61 Å². The molecule has 0 radical (unpaired) electrons. The maximum Gasteiger partial charge on any atom is 0.0569 e. The molecule has 2 nitrogen and oxygen atoms in total. The quantitative estimate of drug-likeness (QED) is 0.605. The van der Waals surface area contributed by atoms with Gasteiger partial charge < -0.3 is 10.2 Å². The van der Waals surface area contributed by atoms with E-state index in [9.17, 15) is 5.11 Å². The van der Waals surface area contributed by atoms with E-state index in [0.29, 0.717) is 5.92 Å². The van der Waals surface area contributed by atoms with Crippen LogP contribution in [0.4, 0.5) is 0 Å². The molecule has 2 atom stereocenters. The lowest BCUT2D eigenvalue weighted by atomic mass is 9.85. The summed E-state index contributed by atoms with van der Waals surface area (Å²) in [4.78, 5) is 0. The molecule has 1 unspecified atom stereocenters. The Morgan fingerprint density at radius 3 is 2.50 bits per heavy atom. The molecule has 1 aliphatic carbocycles. The first-order valence-corrected chi connectivity index (χ1v) is 4.13. The van der Waals surface area contributed by atoms with Gasteiger partial charge >= 0.3 is 0 Å². The minimum atomic E-state index is -0.138. The second kappa shape index (κ2) is 3.94. The maximum atomic E-state index is 9.39. The summed E-state index contributed by atoms with van der Waals surface area (Å²) in [7, 11) is 0. The molecular formula is C8H16O2. The third-order valence-electron chi connectivity index (χ3n) is 2.37. The molecule has 1 saturated carbocycles. The molecule has 1 aliphatic rings. The van der Waals surface area contributed by atoms with E-state index < -0.39 is 0 Å². The van der Waals surface area contributed by atoms with Crippen LogP contribution >= 0.6 is 0 Å². The summed E-state index contributed by atoms with van der Waals surface area (Å²) >= 11 is 0. The third-order valence-corrected chi connectivity index (χ3v) is 2.37. The minimum Gasteiger partial charge on any atom is -0.396 e. The van der Waals surface area contributed by atoms with Crippen LogP contribution in [0.1, 0.15) is 32.1 Å². The molecule has 1 fully saturated rings. The minimum absolute atomic E-state index is 0.138. The predicted octanol–water partition coefficient (Wildman–Crippen LogP) is 0.920. The van der Waals surface area contributed by atoms with Crippen molar-refractivity contribution in [1.29, 1.82) is 0 Å². The van der Waals surface area contributed by atoms with Crippen molar-refractivity contribution in [3.05, 3.63) is 0 Å². The van der Waals surface area contributed by atoms with Gasteiger partial charge in [-0.1, -0.05) is 12.8 Å². The molecule has 0 bridgehead atoms. The van der Waals surface area contributed by atoms with Crippen LogP contribution in [0.15, 0.2) is 0 Å². The fourth-order valence-electron chi connectivity index (χ4n) is 1.69. The van der Waals surface area contributed by atoms with Crippen LogP contribution in [0.5, 0.6) is 0 Å². The van der Waals surface area contributed by atoms with E-state index in [0.717, 1.165) is 25.7 Å². The molecule has 0 amide bonds. The topological polar surface area (TPSA) is 40.5 Å². The first kappa shape index (κ1) is 8.02. The van der Waals surface area contributed by atoms with Crippen LogP contribution in [-0.4, -0.2) is 22.9 Å². The average Bonchev–Trinajstić information content (AvgIpc) is 1.94. The first-order valence-electron chi connectivity index (χ1n) is 4.13. The first-order chi connectivity index (χ1) is 4.84. The molecule has 10 heavy (non-hydrogen) atoms. The fourth-order valence-corrected chi connectivity index (χ4v) is 1.69. The van der Waals surface area contributed by atoms with Crippen molar-refractivity contribution < 1.29 is 10.2 Å². The molecule has 0 aromatic rings. The maximum absolute atomic E-state index is 9.39. The van der Waals surface area contributed by atoms with Crippen molar-refractivity contribution in [1.82, 2.24) is 0 Å². The third kappa shape index (κ3) is 1.96. The molecule has 0 aromatic heterocycles. The normalized spacial score (nSPS) is 34.2. The van der Waals surface area contributed by atoms with Crippen LogP contribution in [0.3, 0.4) is 0 Å². The zero-order valence-electron chi connectivity index (χ0n) is 6.29. The highest BCUT2D eigenvalue weighted by atomic mass is 16.3. The Labute approximate surface area is 61.9 Å². The molecular weight excluding hydrogens is 128 g/mol. The lowest BCUT2D eigenvalue weighted by Gasteiger charge is -2.26. The summed E-state index contributed by atoms with van der Waals surface area (Å²) in [5, 5.41) is 18.0. The van der Waals surface area contributed by atoms with Gasteiger partial charge in [-0.15, -0.1) is 0 Å². The average molecular weight is 144 g/mol. The largest absolute Gasteiger partial charge is 0.396 e. The smallest absolute Gasteiger partial charge is 0.0569 e. The van der Waals surface area contributed by atoms with Crippen LogP contribution < -0.4 is 0 Å². The standard InChI is InChI=1S/C8H16O2/c9-6-5-7-3-1-2-4-8(7)10/h7-10H,1-6H2/t7-,8?/m0/s1. The highest BCUT2D eigenvalue weighted by molar-refractivity contribution is 4.73. The molecule has 2 N–H and O–H groups in total. The second-order valence-corrected chi connectivity index (χ2v) is 3.12. The van der Waals surface area contributed by atoms with Gasteiger partial charge in [0.05, 0.1) is 6.10 Å². The summed E-state index contributed by atoms with van der Waals surface area (Å²) in [6, 6.07) is 0. The van der Waals surface area contributed by atoms with E-state index in [1.54, 1.807) is 0 Å². The van der Waals surface area contributed by atoms with Crippen molar-refractivity contribution in [3.8, 4) is 0 Å². The van der Waals surface area contributed by atoms with Crippen LogP contribution in [-0.2, 0) is 0 Å². The van der Waals surface area contributed by atoms with Crippen molar-refractivity contribution in [2.24, 2.45) is 5.92 Å². The molecule has 0 aromatic carbocycles. The van der Waals surface area contributed by atoms with Crippen molar-refractivity contribution in [2.45, 2.75) is 38.2 Å². The number of aliphatic hydroxyl groups excluding tert-OH is 2. The Hall–Kier alpha value is -0.0800. The molecule has 60 valence electrons. The van der Waals surface area contributed by atoms with Gasteiger partial charge in [-0.2, -0.15) is 0 Å². The summed E-state index contributed by atoms with van der Waals surface area (Å²) in [6.07, 6.45) is 5.05. The number of hydrogen-bond donors (Lipinski definition) is 2. The molecule has 0 saturated heterocycles. The van der Waals surface area contributed by atoms with E-state index >= 15 is 0 Å². The van der Waals surface area contributed by atoms with E-state index in [2.05, 4.69) is 0 Å². The van der Waals surface area contributed by atoms with Crippen LogP contribution in [0.25, 0.3) is 0 Å². The highest BCUT2D eigenvalue weighted by Gasteiger charge is 2.21. The fraction of sp³-hybridized carbons (Fsp3) is 1.00. The van der Waals surface area contributed by atoms with E-state index in [1.807, 2.05) is 0 Å². The predicted molar refractivity (Wildman–Crippen MR) is 39.7 cm³/mol. The summed E-state index contributed by atoms with van der Waals surface area (Å²) in [5.74, 6) is 0.374. The molecule has 0 heterocycles. The van der Waals surface area contributed by atoms with Gasteiger partial charge in [0.1, 0.15) is 0 Å². The van der Waals surface area contributed by atoms with Gasteiger partial charge in [-0.3, -0.25) is 0 Å². The van der Waals surface area contributed by atoms with E-state index in [4.69, 9.17) is 5.11 Å². The van der Waals surface area contributed by atoms with E-state index in [1.165, 1.54) is 6.42 Å². The van der Waals surface area contributed by atoms with Crippen molar-refractivity contribution >= 4 is 0 Å². The Morgan fingerprint density at radius 2 is 1.90 bits per heavy atom. The van der Waals surface area contributed by atoms with Gasteiger partial charge in [-0.05, 0) is 25.2 Å². The number of hydrogen-bond acceptors (Lipinski definition) is 2. The highest BCUT2D eigenvalue weighted by Crippen LogP contribution is 2.26. The number of rotatable bonds is 2. The summed E-state index contributed by atoms with van der Waals surface area (Å²) in [6.45, 7) is 0.224. The molecule has 0 spiro atoms. The Bertz CT molecular complexity index is 91.3. The molecule has 0 aliphatic heterocycles. The zero-order valence-corrected chi connectivity index (χ0v) is 6.29. The Kier molecular flexibility index (Phi) is 3.16. The lowest BCUT2D eigenvalue weighted by Crippen LogP contribution is -2.25. The van der Waals surface area contributed by atoms with Gasteiger partial charge in [0.2, 0.25) is 0 Å². The van der Waals surface area contributed by atoms with E-state index in [-0.39, 0.29) is 12.7 Å². The van der Waals surface area contributed by atoms with Crippen molar-refractivity contribution in [3.63, 3.8) is 0 Å². The molecule has 1 rings (SSSR count). The SMILES string of the molecule is OCC[C@@H]1CCCCC1O. The monoisotopic (exact) mass is 144 g/mol. The molecule has 2 heteroatoms. The van der Waals surface area contributed by atoms with Crippen LogP contribution in [0, 0.1) is 5.92 Å². The second-order valence-electron chi connectivity index (χ2n) is 3.12. The van der Waals surface area contributed by atoms with Gasteiger partial charge in [0.25, 0.3) is 0 Å². The lowest BCUT2D eigenvalue weighted by molar-refractivity contribution is 0.0551.